The van der Waals surface area contributed by atoms with Crippen LogP contribution in [0.25, 0.3) is 0 Å². The Morgan fingerprint density at radius 1 is 1.20 bits per heavy atom. The Balaban J connectivity index is 2.92. The van der Waals surface area contributed by atoms with Gasteiger partial charge in [-0.15, -0.1) is 0 Å². The van der Waals surface area contributed by atoms with Crippen molar-refractivity contribution in [2.45, 2.75) is 38.6 Å². The normalized spacial score (nSPS) is 13.9. The molecule has 4 heteroatoms. The number of nitrogens with two attached hydrogens (primary N) is 1. The average Bonchev–Trinajstić information content (AvgIpc) is 2.47. The standard InChI is InChI=1S/C16H26N2O2/c1-3-11-18-16(15(17)19,10-13-20-12-4-2)14-8-6-5-7-9-14/h5-9,18H,3-4,10-13H2,1-2H3,(H2,17,19). The van der Waals surface area contributed by atoms with Crippen LogP contribution in [-0.2, 0) is 15.1 Å². The van der Waals surface area contributed by atoms with Gasteiger partial charge >= 0.3 is 0 Å². The molecule has 0 aliphatic carbocycles. The van der Waals surface area contributed by atoms with Gasteiger partial charge in [-0.1, -0.05) is 44.2 Å². The van der Waals surface area contributed by atoms with Crippen molar-refractivity contribution in [1.29, 1.82) is 0 Å². The van der Waals surface area contributed by atoms with Gasteiger partial charge < -0.3 is 10.5 Å². The van der Waals surface area contributed by atoms with E-state index in [9.17, 15) is 4.79 Å². The van der Waals surface area contributed by atoms with Gasteiger partial charge in [0.2, 0.25) is 5.91 Å². The first-order valence-corrected chi connectivity index (χ1v) is 7.35. The Morgan fingerprint density at radius 3 is 2.45 bits per heavy atom. The minimum Gasteiger partial charge on any atom is -0.381 e. The number of carbonyl (C=O) groups excluding carboxylic acids is 1. The molecule has 1 rings (SSSR count). The summed E-state index contributed by atoms with van der Waals surface area (Å²) in [7, 11) is 0. The van der Waals surface area contributed by atoms with Crippen LogP contribution in [0.1, 0.15) is 38.7 Å². The fourth-order valence-corrected chi connectivity index (χ4v) is 2.22. The molecule has 0 fully saturated rings. The SMILES string of the molecule is CCCNC(CCOCCC)(C(N)=O)c1ccccc1. The number of carbonyl (C=O) groups is 1. The van der Waals surface area contributed by atoms with Crippen molar-refractivity contribution in [3.8, 4) is 0 Å². The maximum absolute atomic E-state index is 12.1. The Morgan fingerprint density at radius 2 is 1.90 bits per heavy atom. The van der Waals surface area contributed by atoms with Crippen LogP contribution >= 0.6 is 0 Å². The molecule has 4 nitrogen and oxygen atoms in total. The lowest BCUT2D eigenvalue weighted by atomic mass is 9.85. The number of hydrogen-bond donors (Lipinski definition) is 2. The second kappa shape index (κ2) is 8.72. The minimum absolute atomic E-state index is 0.350. The third-order valence-corrected chi connectivity index (χ3v) is 3.33. The predicted octanol–water partition coefficient (Wildman–Crippen LogP) is 2.18. The first-order valence-electron chi connectivity index (χ1n) is 7.35. The lowest BCUT2D eigenvalue weighted by Gasteiger charge is -2.32. The number of primary amides is 1. The van der Waals surface area contributed by atoms with E-state index in [1.54, 1.807) is 0 Å². The van der Waals surface area contributed by atoms with E-state index in [2.05, 4.69) is 19.2 Å². The molecule has 0 heterocycles. The molecular formula is C16H26N2O2. The molecule has 0 bridgehead atoms. The summed E-state index contributed by atoms with van der Waals surface area (Å²) in [6.45, 7) is 6.09. The molecule has 1 amide bonds. The van der Waals surface area contributed by atoms with Crippen molar-refractivity contribution >= 4 is 5.91 Å². The fraction of sp³-hybridized carbons (Fsp3) is 0.562. The van der Waals surface area contributed by atoms with Gasteiger partial charge in [-0.3, -0.25) is 10.1 Å². The van der Waals surface area contributed by atoms with E-state index in [0.29, 0.717) is 19.6 Å². The highest BCUT2D eigenvalue weighted by molar-refractivity contribution is 5.86. The maximum Gasteiger partial charge on any atom is 0.242 e. The van der Waals surface area contributed by atoms with Crippen LogP contribution in [0.2, 0.25) is 0 Å². The number of amides is 1. The van der Waals surface area contributed by atoms with Gasteiger partial charge in [0, 0.05) is 19.6 Å². The van der Waals surface area contributed by atoms with Crippen molar-refractivity contribution < 1.29 is 9.53 Å². The molecule has 3 N–H and O–H groups in total. The highest BCUT2D eigenvalue weighted by atomic mass is 16.5. The first-order chi connectivity index (χ1) is 9.67. The van der Waals surface area contributed by atoms with Crippen molar-refractivity contribution in [3.63, 3.8) is 0 Å². The second-order valence-corrected chi connectivity index (χ2v) is 4.92. The lowest BCUT2D eigenvalue weighted by molar-refractivity contribution is -0.125. The summed E-state index contributed by atoms with van der Waals surface area (Å²) in [5.74, 6) is -0.350. The number of nitrogens with one attached hydrogen (secondary N) is 1. The molecule has 0 aliphatic rings. The summed E-state index contributed by atoms with van der Waals surface area (Å²) in [5.41, 5.74) is 5.76. The molecule has 112 valence electrons. The first kappa shape index (κ1) is 16.7. The summed E-state index contributed by atoms with van der Waals surface area (Å²) < 4.78 is 5.54. The summed E-state index contributed by atoms with van der Waals surface area (Å²) in [6, 6.07) is 9.66. The smallest absolute Gasteiger partial charge is 0.242 e. The van der Waals surface area contributed by atoms with Gasteiger partial charge in [0.05, 0.1) is 0 Å². The van der Waals surface area contributed by atoms with Crippen molar-refractivity contribution in [2.24, 2.45) is 5.73 Å². The van der Waals surface area contributed by atoms with E-state index in [0.717, 1.165) is 24.9 Å². The average molecular weight is 278 g/mol. The van der Waals surface area contributed by atoms with E-state index in [1.165, 1.54) is 0 Å². The zero-order valence-corrected chi connectivity index (χ0v) is 12.5. The zero-order valence-electron chi connectivity index (χ0n) is 12.5. The summed E-state index contributed by atoms with van der Waals surface area (Å²) in [5, 5.41) is 3.32. The van der Waals surface area contributed by atoms with Crippen LogP contribution in [0.4, 0.5) is 0 Å². The predicted molar refractivity (Wildman–Crippen MR) is 81.3 cm³/mol. The molecule has 1 atom stereocenters. The molecule has 20 heavy (non-hydrogen) atoms. The molecule has 0 spiro atoms. The number of hydrogen-bond acceptors (Lipinski definition) is 3. The molecule has 1 unspecified atom stereocenters. The summed E-state index contributed by atoms with van der Waals surface area (Å²) in [6.07, 6.45) is 2.46. The molecule has 0 radical (unpaired) electrons. The third kappa shape index (κ3) is 4.32. The Kier molecular flexibility index (Phi) is 7.26. The van der Waals surface area contributed by atoms with Gasteiger partial charge in [0.25, 0.3) is 0 Å². The van der Waals surface area contributed by atoms with Crippen LogP contribution in [0.5, 0.6) is 0 Å². The molecule has 0 aliphatic heterocycles. The topological polar surface area (TPSA) is 64.3 Å². The monoisotopic (exact) mass is 278 g/mol. The largest absolute Gasteiger partial charge is 0.381 e. The van der Waals surface area contributed by atoms with E-state index in [-0.39, 0.29) is 5.91 Å². The highest BCUT2D eigenvalue weighted by Gasteiger charge is 2.37. The third-order valence-electron chi connectivity index (χ3n) is 3.33. The number of ether oxygens (including phenoxy) is 1. The molecule has 1 aromatic rings. The van der Waals surface area contributed by atoms with Crippen molar-refractivity contribution in [3.05, 3.63) is 35.9 Å². The van der Waals surface area contributed by atoms with Crippen LogP contribution in [0.3, 0.4) is 0 Å². The van der Waals surface area contributed by atoms with Gasteiger partial charge in [-0.05, 0) is 24.9 Å². The van der Waals surface area contributed by atoms with Gasteiger partial charge in [0.1, 0.15) is 5.54 Å². The summed E-state index contributed by atoms with van der Waals surface area (Å²) in [4.78, 5) is 12.1. The van der Waals surface area contributed by atoms with Gasteiger partial charge in [0.15, 0.2) is 0 Å². The van der Waals surface area contributed by atoms with Crippen molar-refractivity contribution in [2.75, 3.05) is 19.8 Å². The van der Waals surface area contributed by atoms with E-state index in [4.69, 9.17) is 10.5 Å². The van der Waals surface area contributed by atoms with Crippen LogP contribution in [0, 0.1) is 0 Å². The highest BCUT2D eigenvalue weighted by Crippen LogP contribution is 2.25. The van der Waals surface area contributed by atoms with Crippen molar-refractivity contribution in [1.82, 2.24) is 5.32 Å². The maximum atomic E-state index is 12.1. The van der Waals surface area contributed by atoms with E-state index in [1.807, 2.05) is 30.3 Å². The van der Waals surface area contributed by atoms with Crippen LogP contribution in [-0.4, -0.2) is 25.7 Å². The Labute approximate surface area is 121 Å². The molecule has 0 aromatic heterocycles. The zero-order chi connectivity index (χ0) is 14.8. The molecule has 1 aromatic carbocycles. The Bertz CT molecular complexity index is 395. The quantitative estimate of drug-likeness (QED) is 0.645. The second-order valence-electron chi connectivity index (χ2n) is 4.92. The van der Waals surface area contributed by atoms with Crippen LogP contribution < -0.4 is 11.1 Å². The summed E-state index contributed by atoms with van der Waals surface area (Å²) >= 11 is 0. The molecular weight excluding hydrogens is 252 g/mol. The molecule has 0 saturated carbocycles. The van der Waals surface area contributed by atoms with E-state index >= 15 is 0 Å². The molecule has 0 saturated heterocycles. The number of rotatable bonds is 10. The van der Waals surface area contributed by atoms with E-state index < -0.39 is 5.54 Å². The number of benzene rings is 1. The van der Waals surface area contributed by atoms with Gasteiger partial charge in [-0.2, -0.15) is 0 Å². The van der Waals surface area contributed by atoms with Crippen LogP contribution in [0.15, 0.2) is 30.3 Å². The minimum atomic E-state index is -0.842. The lowest BCUT2D eigenvalue weighted by Crippen LogP contribution is -2.53. The Hall–Kier alpha value is -1.39. The van der Waals surface area contributed by atoms with Gasteiger partial charge in [-0.25, -0.2) is 0 Å². The fourth-order valence-electron chi connectivity index (χ4n) is 2.22.